The number of rotatable bonds is 11. The van der Waals surface area contributed by atoms with Crippen molar-refractivity contribution in [3.63, 3.8) is 0 Å². The quantitative estimate of drug-likeness (QED) is 0.266. The molecule has 3 aromatic rings. The first-order chi connectivity index (χ1) is 20.6. The van der Waals surface area contributed by atoms with E-state index in [1.165, 1.54) is 30.2 Å². The van der Waals surface area contributed by atoms with Gasteiger partial charge in [-0.25, -0.2) is 9.18 Å². The Balaban J connectivity index is 1.41. The number of halogens is 1. The normalized spacial score (nSPS) is 16.9. The van der Waals surface area contributed by atoms with Crippen LogP contribution in [-0.2, 0) is 27.1 Å². The van der Waals surface area contributed by atoms with E-state index >= 15 is 0 Å². The highest BCUT2D eigenvalue weighted by molar-refractivity contribution is 5.72. The molecule has 1 fully saturated rings. The Labute approximate surface area is 254 Å². The summed E-state index contributed by atoms with van der Waals surface area (Å²) in [5, 5.41) is 2.75. The molecule has 1 N–H and O–H groups in total. The van der Waals surface area contributed by atoms with Crippen LogP contribution in [-0.4, -0.2) is 61.5 Å². The number of hydrogen-bond acceptors (Lipinski definition) is 5. The van der Waals surface area contributed by atoms with Gasteiger partial charge in [-0.15, -0.1) is 0 Å². The van der Waals surface area contributed by atoms with Gasteiger partial charge in [-0.1, -0.05) is 60.7 Å². The molecule has 2 amide bonds. The third kappa shape index (κ3) is 10.1. The van der Waals surface area contributed by atoms with Crippen LogP contribution in [0.1, 0.15) is 62.3 Å². The highest BCUT2D eigenvalue weighted by atomic mass is 19.1. The van der Waals surface area contributed by atoms with Crippen LogP contribution in [0.15, 0.2) is 72.8 Å². The van der Waals surface area contributed by atoms with Crippen molar-refractivity contribution >= 4 is 12.0 Å². The van der Waals surface area contributed by atoms with E-state index in [9.17, 15) is 14.0 Å². The average molecular weight is 591 g/mol. The molecule has 7 nitrogen and oxygen atoms in total. The molecule has 0 bridgehead atoms. The van der Waals surface area contributed by atoms with Crippen LogP contribution < -0.4 is 10.1 Å². The Bertz CT molecular complexity index is 1340. The smallest absolute Gasteiger partial charge is 0.410 e. The van der Waals surface area contributed by atoms with Gasteiger partial charge in [0.25, 0.3) is 0 Å². The lowest BCUT2D eigenvalue weighted by atomic mass is 9.86. The lowest BCUT2D eigenvalue weighted by Crippen LogP contribution is -2.48. The molecule has 8 heteroatoms. The topological polar surface area (TPSA) is 77.1 Å². The molecule has 0 aliphatic carbocycles. The van der Waals surface area contributed by atoms with E-state index in [0.717, 1.165) is 24.0 Å². The number of benzene rings is 3. The fourth-order valence-electron chi connectivity index (χ4n) is 5.27. The Morgan fingerprint density at radius 2 is 1.70 bits per heavy atom. The Morgan fingerprint density at radius 1 is 0.977 bits per heavy atom. The van der Waals surface area contributed by atoms with Crippen molar-refractivity contribution in [1.82, 2.24) is 10.2 Å². The van der Waals surface area contributed by atoms with Crippen molar-refractivity contribution in [3.05, 3.63) is 101 Å². The minimum atomic E-state index is -0.588. The van der Waals surface area contributed by atoms with E-state index in [-0.39, 0.29) is 37.2 Å². The molecule has 1 saturated heterocycles. The first-order valence-electron chi connectivity index (χ1n) is 15.0. The monoisotopic (exact) mass is 590 g/mol. The van der Waals surface area contributed by atoms with Crippen LogP contribution in [0.3, 0.4) is 0 Å². The van der Waals surface area contributed by atoms with Crippen LogP contribution in [0.4, 0.5) is 9.18 Å². The summed E-state index contributed by atoms with van der Waals surface area (Å²) in [6.45, 7) is 8.91. The zero-order valence-corrected chi connectivity index (χ0v) is 25.6. The molecular weight excluding hydrogens is 547 g/mol. The largest absolute Gasteiger partial charge is 0.491 e. The summed E-state index contributed by atoms with van der Waals surface area (Å²) in [5.41, 5.74) is 3.87. The number of likely N-dealkylation sites (tertiary alicyclic amines) is 1. The van der Waals surface area contributed by atoms with Gasteiger partial charge in [-0.05, 0) is 68.4 Å². The van der Waals surface area contributed by atoms with Gasteiger partial charge in [0, 0.05) is 32.0 Å². The van der Waals surface area contributed by atoms with Gasteiger partial charge in [0.2, 0.25) is 5.91 Å². The molecule has 0 saturated carbocycles. The minimum absolute atomic E-state index is 0.0897. The van der Waals surface area contributed by atoms with Crippen molar-refractivity contribution in [2.45, 2.75) is 64.6 Å². The van der Waals surface area contributed by atoms with Crippen molar-refractivity contribution in [1.29, 1.82) is 0 Å². The summed E-state index contributed by atoms with van der Waals surface area (Å²) in [7, 11) is 0. The predicted molar refractivity (Wildman–Crippen MR) is 165 cm³/mol. The second kappa shape index (κ2) is 15.0. The average Bonchev–Trinajstić information content (AvgIpc) is 2.96. The van der Waals surface area contributed by atoms with Crippen LogP contribution in [0, 0.1) is 5.82 Å². The summed E-state index contributed by atoms with van der Waals surface area (Å²) in [6, 6.07) is 23.4. The lowest BCUT2D eigenvalue weighted by molar-refractivity contribution is -0.118. The van der Waals surface area contributed by atoms with Crippen molar-refractivity contribution in [2.75, 3.05) is 32.8 Å². The summed E-state index contributed by atoms with van der Waals surface area (Å²) in [5.74, 6) is 0.00640. The number of carbonyl (C=O) groups is 2. The molecule has 1 heterocycles. The van der Waals surface area contributed by atoms with Crippen LogP contribution in [0.5, 0.6) is 5.75 Å². The molecule has 1 aliphatic heterocycles. The minimum Gasteiger partial charge on any atom is -0.491 e. The van der Waals surface area contributed by atoms with Gasteiger partial charge < -0.3 is 24.4 Å². The van der Waals surface area contributed by atoms with Gasteiger partial charge >= 0.3 is 6.09 Å². The molecule has 1 aliphatic rings. The van der Waals surface area contributed by atoms with Gasteiger partial charge in [-0.2, -0.15) is 0 Å². The zero-order valence-electron chi connectivity index (χ0n) is 25.6. The van der Waals surface area contributed by atoms with Crippen LogP contribution in [0.2, 0.25) is 0 Å². The number of amides is 2. The molecule has 2 atom stereocenters. The van der Waals surface area contributed by atoms with E-state index in [1.807, 2.05) is 26.8 Å². The number of piperidine rings is 1. The SMILES string of the molecule is CC(=O)NCCc1ccc(F)cc1OCCOC1CN(C(=O)OC(C)(C)C)CCC1c1ccc(Cc2ccccc2)cc1. The molecule has 3 aromatic carbocycles. The van der Waals surface area contributed by atoms with Crippen molar-refractivity contribution in [3.8, 4) is 5.75 Å². The number of hydrogen-bond donors (Lipinski definition) is 1. The van der Waals surface area contributed by atoms with Crippen molar-refractivity contribution in [2.24, 2.45) is 0 Å². The molecule has 230 valence electrons. The van der Waals surface area contributed by atoms with Crippen molar-refractivity contribution < 1.29 is 28.2 Å². The van der Waals surface area contributed by atoms with E-state index in [1.54, 1.807) is 11.0 Å². The first kappa shape index (κ1) is 32.0. The standard InChI is InChI=1S/C35H43FN2O5/c1-25(39)37-18-16-29-14-15-30(36)23-32(29)41-20-21-42-33-24-38(34(40)43-35(2,3)4)19-17-31(33)28-12-10-27(11-13-28)22-26-8-6-5-7-9-26/h5-15,23,31,33H,16-22,24H2,1-4H3,(H,37,39). The van der Waals surface area contributed by atoms with Crippen LogP contribution in [0.25, 0.3) is 0 Å². The Morgan fingerprint density at radius 3 is 2.40 bits per heavy atom. The van der Waals surface area contributed by atoms with E-state index < -0.39 is 11.4 Å². The fourth-order valence-corrected chi connectivity index (χ4v) is 5.27. The maximum Gasteiger partial charge on any atom is 0.410 e. The van der Waals surface area contributed by atoms with Gasteiger partial charge in [0.1, 0.15) is 23.8 Å². The highest BCUT2D eigenvalue weighted by Gasteiger charge is 2.35. The maximum atomic E-state index is 14.0. The maximum absolute atomic E-state index is 14.0. The zero-order chi connectivity index (χ0) is 30.8. The third-order valence-electron chi connectivity index (χ3n) is 7.34. The fraction of sp³-hybridized carbons (Fsp3) is 0.429. The summed E-state index contributed by atoms with van der Waals surface area (Å²) in [4.78, 5) is 25.8. The van der Waals surface area contributed by atoms with Gasteiger partial charge in [-0.3, -0.25) is 4.79 Å². The molecule has 43 heavy (non-hydrogen) atoms. The third-order valence-corrected chi connectivity index (χ3v) is 7.34. The molecule has 0 spiro atoms. The Kier molecular flexibility index (Phi) is 11.2. The Hall–Kier alpha value is -3.91. The highest BCUT2D eigenvalue weighted by Crippen LogP contribution is 2.32. The lowest BCUT2D eigenvalue weighted by Gasteiger charge is -2.39. The van der Waals surface area contributed by atoms with E-state index in [2.05, 4.69) is 53.8 Å². The molecule has 0 radical (unpaired) electrons. The molecular formula is C35H43FN2O5. The first-order valence-corrected chi connectivity index (χ1v) is 15.0. The second-order valence-corrected chi connectivity index (χ2v) is 12.0. The van der Waals surface area contributed by atoms with Gasteiger partial charge in [0.05, 0.1) is 19.3 Å². The van der Waals surface area contributed by atoms with E-state index in [4.69, 9.17) is 14.2 Å². The van der Waals surface area contributed by atoms with E-state index in [0.29, 0.717) is 31.8 Å². The molecule has 0 aromatic heterocycles. The number of nitrogens with one attached hydrogen (secondary N) is 1. The van der Waals surface area contributed by atoms with Gasteiger partial charge in [0.15, 0.2) is 0 Å². The number of nitrogens with zero attached hydrogens (tertiary/aromatic N) is 1. The predicted octanol–water partition coefficient (Wildman–Crippen LogP) is 6.28. The number of ether oxygens (including phenoxy) is 3. The summed E-state index contributed by atoms with van der Waals surface area (Å²) in [6.07, 6.45) is 1.50. The number of carbonyl (C=O) groups excluding carboxylic acids is 2. The molecule has 4 rings (SSSR count). The summed E-state index contributed by atoms with van der Waals surface area (Å²) < 4.78 is 31.9. The second-order valence-electron chi connectivity index (χ2n) is 12.0. The molecule has 2 unspecified atom stereocenters. The van der Waals surface area contributed by atoms with Crippen LogP contribution >= 0.6 is 0 Å². The summed E-state index contributed by atoms with van der Waals surface area (Å²) >= 11 is 0.